The van der Waals surface area contributed by atoms with E-state index in [1.807, 2.05) is 6.92 Å². The van der Waals surface area contributed by atoms with Crippen molar-refractivity contribution in [3.05, 3.63) is 35.5 Å². The molecule has 0 fully saturated rings. The molecule has 0 saturated carbocycles. The summed E-state index contributed by atoms with van der Waals surface area (Å²) in [5.74, 6) is -3.28. The third-order valence-corrected chi connectivity index (χ3v) is 2.85. The molecule has 1 aromatic carbocycles. The summed E-state index contributed by atoms with van der Waals surface area (Å²) in [5, 5.41) is 16.5. The standard InChI is InChI=1S/C13H13F2N3O2/c1-2-3-6-18-12(11(13(19)20)16-17-18)8-4-5-9(14)10(15)7-8/h4-5,7H,2-3,6H2,1H3,(H,19,20). The molecule has 0 spiro atoms. The summed E-state index contributed by atoms with van der Waals surface area (Å²) in [7, 11) is 0. The number of carbonyl (C=O) groups is 1. The van der Waals surface area contributed by atoms with Gasteiger partial charge in [0.2, 0.25) is 0 Å². The molecule has 2 rings (SSSR count). The van der Waals surface area contributed by atoms with E-state index in [-0.39, 0.29) is 17.0 Å². The quantitative estimate of drug-likeness (QED) is 0.915. The summed E-state index contributed by atoms with van der Waals surface area (Å²) in [6.45, 7) is 2.44. The molecular formula is C13H13F2N3O2. The van der Waals surface area contributed by atoms with Crippen molar-refractivity contribution in [2.24, 2.45) is 0 Å². The fourth-order valence-electron chi connectivity index (χ4n) is 1.85. The Bertz CT molecular complexity index is 641. The lowest BCUT2D eigenvalue weighted by Gasteiger charge is -2.07. The smallest absolute Gasteiger partial charge is 0.358 e. The molecule has 0 saturated heterocycles. The van der Waals surface area contributed by atoms with E-state index in [4.69, 9.17) is 5.11 Å². The summed E-state index contributed by atoms with van der Waals surface area (Å²) in [4.78, 5) is 11.2. The first-order valence-electron chi connectivity index (χ1n) is 6.16. The van der Waals surface area contributed by atoms with Gasteiger partial charge in [0.25, 0.3) is 0 Å². The van der Waals surface area contributed by atoms with Crippen LogP contribution in [0.2, 0.25) is 0 Å². The van der Waals surface area contributed by atoms with Crippen LogP contribution in [0.3, 0.4) is 0 Å². The van der Waals surface area contributed by atoms with Gasteiger partial charge in [0.05, 0.1) is 0 Å². The zero-order valence-electron chi connectivity index (χ0n) is 10.8. The Hall–Kier alpha value is -2.31. The molecule has 0 aliphatic rings. The van der Waals surface area contributed by atoms with Gasteiger partial charge in [-0.15, -0.1) is 5.10 Å². The van der Waals surface area contributed by atoms with E-state index in [9.17, 15) is 13.6 Å². The van der Waals surface area contributed by atoms with Gasteiger partial charge in [-0.3, -0.25) is 0 Å². The summed E-state index contributed by atoms with van der Waals surface area (Å²) in [5.41, 5.74) is 0.152. The predicted molar refractivity (Wildman–Crippen MR) is 67.2 cm³/mol. The highest BCUT2D eigenvalue weighted by molar-refractivity contribution is 5.92. The Labute approximate surface area is 113 Å². The number of carboxylic acids is 1. The van der Waals surface area contributed by atoms with Gasteiger partial charge in [0, 0.05) is 12.1 Å². The number of benzene rings is 1. The zero-order valence-corrected chi connectivity index (χ0v) is 10.8. The monoisotopic (exact) mass is 281 g/mol. The van der Waals surface area contributed by atoms with Crippen molar-refractivity contribution in [3.8, 4) is 11.3 Å². The molecule has 0 bridgehead atoms. The maximum absolute atomic E-state index is 13.3. The minimum Gasteiger partial charge on any atom is -0.476 e. The first kappa shape index (κ1) is 14.1. The van der Waals surface area contributed by atoms with Crippen LogP contribution in [0.15, 0.2) is 18.2 Å². The number of aryl methyl sites for hydroxylation is 1. The second-order valence-electron chi connectivity index (χ2n) is 4.30. The molecule has 1 aromatic heterocycles. The van der Waals surface area contributed by atoms with Crippen molar-refractivity contribution in [1.82, 2.24) is 15.0 Å². The molecule has 20 heavy (non-hydrogen) atoms. The predicted octanol–water partition coefficient (Wildman–Crippen LogP) is 2.72. The number of hydrogen-bond acceptors (Lipinski definition) is 3. The Morgan fingerprint density at radius 3 is 2.70 bits per heavy atom. The number of aromatic nitrogens is 3. The zero-order chi connectivity index (χ0) is 14.7. The number of hydrogen-bond donors (Lipinski definition) is 1. The summed E-state index contributed by atoms with van der Waals surface area (Å²) in [6.07, 6.45) is 1.67. The lowest BCUT2D eigenvalue weighted by Crippen LogP contribution is -2.05. The molecular weight excluding hydrogens is 268 g/mol. The summed E-state index contributed by atoms with van der Waals surface area (Å²) < 4.78 is 27.7. The van der Waals surface area contributed by atoms with Crippen LogP contribution in [0.4, 0.5) is 8.78 Å². The van der Waals surface area contributed by atoms with Crippen LogP contribution in [-0.4, -0.2) is 26.1 Å². The Morgan fingerprint density at radius 1 is 1.35 bits per heavy atom. The van der Waals surface area contributed by atoms with Crippen LogP contribution >= 0.6 is 0 Å². The maximum atomic E-state index is 13.3. The van der Waals surface area contributed by atoms with Gasteiger partial charge in [-0.2, -0.15) is 0 Å². The van der Waals surface area contributed by atoms with Gasteiger partial charge in [0.15, 0.2) is 17.3 Å². The van der Waals surface area contributed by atoms with Crippen LogP contribution in [0.1, 0.15) is 30.3 Å². The molecule has 0 radical (unpaired) electrons. The van der Waals surface area contributed by atoms with Crippen LogP contribution in [-0.2, 0) is 6.54 Å². The van der Waals surface area contributed by atoms with E-state index in [2.05, 4.69) is 10.3 Å². The molecule has 0 amide bonds. The fraction of sp³-hybridized carbons (Fsp3) is 0.308. The largest absolute Gasteiger partial charge is 0.476 e. The summed E-state index contributed by atoms with van der Waals surface area (Å²) in [6, 6.07) is 3.21. The van der Waals surface area contributed by atoms with E-state index in [0.717, 1.165) is 25.0 Å². The Morgan fingerprint density at radius 2 is 2.10 bits per heavy atom. The maximum Gasteiger partial charge on any atom is 0.358 e. The van der Waals surface area contributed by atoms with Crippen LogP contribution < -0.4 is 0 Å². The first-order valence-corrected chi connectivity index (χ1v) is 6.16. The molecule has 0 unspecified atom stereocenters. The SMILES string of the molecule is CCCCn1nnc(C(=O)O)c1-c1ccc(F)c(F)c1. The minimum absolute atomic E-state index is 0.185. The molecule has 0 atom stereocenters. The number of nitrogens with zero attached hydrogens (tertiary/aromatic N) is 3. The van der Waals surface area contributed by atoms with Gasteiger partial charge in [-0.05, 0) is 24.6 Å². The van der Waals surface area contributed by atoms with Crippen molar-refractivity contribution >= 4 is 5.97 Å². The molecule has 106 valence electrons. The Kier molecular flexibility index (Phi) is 4.07. The second-order valence-corrected chi connectivity index (χ2v) is 4.30. The number of unbranched alkanes of at least 4 members (excludes halogenated alkanes) is 1. The van der Waals surface area contributed by atoms with E-state index < -0.39 is 17.6 Å². The average Bonchev–Trinajstić information content (AvgIpc) is 2.83. The lowest BCUT2D eigenvalue weighted by atomic mass is 10.1. The van der Waals surface area contributed by atoms with Crippen LogP contribution in [0.5, 0.6) is 0 Å². The third-order valence-electron chi connectivity index (χ3n) is 2.85. The molecule has 0 aliphatic carbocycles. The van der Waals surface area contributed by atoms with Crippen molar-refractivity contribution in [2.45, 2.75) is 26.3 Å². The van der Waals surface area contributed by atoms with Gasteiger partial charge in [0.1, 0.15) is 5.69 Å². The van der Waals surface area contributed by atoms with Gasteiger partial charge in [-0.25, -0.2) is 18.3 Å². The van der Waals surface area contributed by atoms with Gasteiger partial charge < -0.3 is 5.11 Å². The highest BCUT2D eigenvalue weighted by Crippen LogP contribution is 2.24. The molecule has 7 heteroatoms. The first-order chi connectivity index (χ1) is 9.54. The van der Waals surface area contributed by atoms with Gasteiger partial charge in [-0.1, -0.05) is 18.6 Å². The van der Waals surface area contributed by atoms with E-state index in [1.54, 1.807) is 0 Å². The van der Waals surface area contributed by atoms with Crippen molar-refractivity contribution in [2.75, 3.05) is 0 Å². The molecule has 1 N–H and O–H groups in total. The lowest BCUT2D eigenvalue weighted by molar-refractivity contribution is 0.0691. The van der Waals surface area contributed by atoms with Crippen LogP contribution in [0, 0.1) is 11.6 Å². The van der Waals surface area contributed by atoms with E-state index in [1.165, 1.54) is 10.7 Å². The van der Waals surface area contributed by atoms with Gasteiger partial charge >= 0.3 is 5.97 Å². The number of carboxylic acid groups (broad SMARTS) is 1. The Balaban J connectivity index is 2.53. The number of rotatable bonds is 5. The number of aromatic carboxylic acids is 1. The average molecular weight is 281 g/mol. The van der Waals surface area contributed by atoms with Crippen molar-refractivity contribution < 1.29 is 18.7 Å². The molecule has 2 aromatic rings. The number of halogens is 2. The van der Waals surface area contributed by atoms with Crippen molar-refractivity contribution in [1.29, 1.82) is 0 Å². The van der Waals surface area contributed by atoms with Crippen LogP contribution in [0.25, 0.3) is 11.3 Å². The second kappa shape index (κ2) is 5.77. The topological polar surface area (TPSA) is 68.0 Å². The van der Waals surface area contributed by atoms with E-state index in [0.29, 0.717) is 6.54 Å². The highest BCUT2D eigenvalue weighted by Gasteiger charge is 2.21. The molecule has 0 aliphatic heterocycles. The summed E-state index contributed by atoms with van der Waals surface area (Å²) >= 11 is 0. The fourth-order valence-corrected chi connectivity index (χ4v) is 1.85. The minimum atomic E-state index is -1.26. The van der Waals surface area contributed by atoms with Crippen molar-refractivity contribution in [3.63, 3.8) is 0 Å². The molecule has 5 nitrogen and oxygen atoms in total. The van der Waals surface area contributed by atoms with E-state index >= 15 is 0 Å². The molecule has 1 heterocycles. The third kappa shape index (κ3) is 2.66. The normalized spacial score (nSPS) is 10.8. The highest BCUT2D eigenvalue weighted by atomic mass is 19.2.